The zero-order chi connectivity index (χ0) is 22.8. The van der Waals surface area contributed by atoms with Crippen molar-refractivity contribution in [2.75, 3.05) is 32.7 Å². The molecule has 2 aliphatic heterocycles. The van der Waals surface area contributed by atoms with E-state index in [1.807, 2.05) is 42.5 Å². The van der Waals surface area contributed by atoms with Gasteiger partial charge in [0.25, 0.3) is 0 Å². The van der Waals surface area contributed by atoms with E-state index in [0.717, 1.165) is 49.4 Å². The summed E-state index contributed by atoms with van der Waals surface area (Å²) in [4.78, 5) is 17.7. The van der Waals surface area contributed by atoms with Crippen molar-refractivity contribution in [1.82, 2.24) is 9.80 Å². The summed E-state index contributed by atoms with van der Waals surface area (Å²) >= 11 is 0. The van der Waals surface area contributed by atoms with Crippen LogP contribution in [-0.2, 0) is 6.54 Å². The monoisotopic (exact) mass is 440 g/mol. The van der Waals surface area contributed by atoms with Crippen molar-refractivity contribution >= 4 is 11.9 Å². The Hall–Kier alpha value is -3.41. The molecule has 1 saturated heterocycles. The molecule has 3 aromatic carbocycles. The molecule has 0 bridgehead atoms. The van der Waals surface area contributed by atoms with Gasteiger partial charge in [-0.05, 0) is 41.4 Å². The van der Waals surface area contributed by atoms with Gasteiger partial charge in [-0.1, -0.05) is 61.5 Å². The summed E-state index contributed by atoms with van der Waals surface area (Å²) in [7, 11) is 0. The van der Waals surface area contributed by atoms with E-state index < -0.39 is 0 Å². The average molecular weight is 441 g/mol. The Kier molecular flexibility index (Phi) is 5.99. The first kappa shape index (κ1) is 21.4. The van der Waals surface area contributed by atoms with Crippen molar-refractivity contribution < 1.29 is 14.6 Å². The molecular weight excluding hydrogens is 412 g/mol. The number of likely N-dealkylation sites (N-methyl/N-ethyl adjacent to an activating group) is 1. The van der Waals surface area contributed by atoms with Crippen molar-refractivity contribution in [2.24, 2.45) is 0 Å². The van der Waals surface area contributed by atoms with E-state index >= 15 is 0 Å². The number of fused-ring (bicyclic) bond motifs is 1. The topological polar surface area (TPSA) is 53.0 Å². The average Bonchev–Trinajstić information content (AvgIpc) is 3.17. The third-order valence-corrected chi connectivity index (χ3v) is 6.53. The molecule has 2 heterocycles. The van der Waals surface area contributed by atoms with Gasteiger partial charge in [-0.2, -0.15) is 0 Å². The number of carbonyl (C=O) groups excluding carboxylic acids is 1. The zero-order valence-corrected chi connectivity index (χ0v) is 18.8. The maximum absolute atomic E-state index is 13.0. The van der Waals surface area contributed by atoms with Gasteiger partial charge in [0.15, 0.2) is 5.76 Å². The Bertz CT molecular complexity index is 1180. The molecule has 168 valence electrons. The number of carbonyl (C=O) groups is 1. The van der Waals surface area contributed by atoms with Gasteiger partial charge < -0.3 is 14.7 Å². The van der Waals surface area contributed by atoms with Crippen LogP contribution in [0.4, 0.5) is 0 Å². The number of nitrogens with zero attached hydrogens (tertiary/aromatic N) is 2. The second-order valence-corrected chi connectivity index (χ2v) is 8.58. The number of allylic oxidation sites excluding steroid dienone is 1. The molecule has 0 aliphatic carbocycles. The Labute approximate surface area is 194 Å². The number of rotatable bonds is 5. The van der Waals surface area contributed by atoms with Gasteiger partial charge in [-0.15, -0.1) is 0 Å². The fourth-order valence-corrected chi connectivity index (χ4v) is 4.49. The number of Topliss-reactive ketones (excluding diaryl/α,β-unsaturated/α-hetero) is 1. The number of hydrogen-bond donors (Lipinski definition) is 1. The molecule has 0 atom stereocenters. The number of ketones is 1. The second kappa shape index (κ2) is 9.22. The van der Waals surface area contributed by atoms with Crippen LogP contribution in [0.5, 0.6) is 11.5 Å². The van der Waals surface area contributed by atoms with E-state index in [4.69, 9.17) is 4.74 Å². The van der Waals surface area contributed by atoms with Crippen LogP contribution in [0.3, 0.4) is 0 Å². The van der Waals surface area contributed by atoms with E-state index in [1.165, 1.54) is 0 Å². The van der Waals surface area contributed by atoms with E-state index in [-0.39, 0.29) is 11.5 Å². The molecule has 0 aromatic heterocycles. The minimum absolute atomic E-state index is 0.144. The fraction of sp³-hybridized carbons (Fsp3) is 0.250. The second-order valence-electron chi connectivity index (χ2n) is 8.58. The van der Waals surface area contributed by atoms with Crippen LogP contribution in [0.2, 0.25) is 0 Å². The van der Waals surface area contributed by atoms with Crippen molar-refractivity contribution in [3.05, 3.63) is 89.2 Å². The van der Waals surface area contributed by atoms with Gasteiger partial charge in [0, 0.05) is 32.7 Å². The highest BCUT2D eigenvalue weighted by atomic mass is 16.5. The van der Waals surface area contributed by atoms with Crippen molar-refractivity contribution in [1.29, 1.82) is 0 Å². The Morgan fingerprint density at radius 3 is 2.24 bits per heavy atom. The lowest BCUT2D eigenvalue weighted by molar-refractivity contribution is 0.101. The van der Waals surface area contributed by atoms with Gasteiger partial charge in [0.2, 0.25) is 5.78 Å². The smallest absolute Gasteiger partial charge is 0.231 e. The summed E-state index contributed by atoms with van der Waals surface area (Å²) in [5.41, 5.74) is 4.37. The van der Waals surface area contributed by atoms with E-state index in [9.17, 15) is 9.90 Å². The number of phenols is 1. The van der Waals surface area contributed by atoms with E-state index in [0.29, 0.717) is 29.2 Å². The molecule has 1 fully saturated rings. The highest BCUT2D eigenvalue weighted by molar-refractivity contribution is 6.15. The van der Waals surface area contributed by atoms with Crippen molar-refractivity contribution in [3.8, 4) is 22.6 Å². The molecule has 1 N–H and O–H groups in total. The normalized spacial score (nSPS) is 17.8. The SMILES string of the molecule is CCN1CCN(Cc2c(O)ccc3c2O/C(=C\c2ccc(-c4ccccc4)cc2)C3=O)CC1. The number of benzene rings is 3. The van der Waals surface area contributed by atoms with Gasteiger partial charge >= 0.3 is 0 Å². The highest BCUT2D eigenvalue weighted by Crippen LogP contribution is 2.40. The standard InChI is InChI=1S/C28H28N2O3/c1-2-29-14-16-30(17-15-29)19-24-25(31)13-12-23-27(32)26(33-28(23)24)18-20-8-10-22(11-9-20)21-6-4-3-5-7-21/h3-13,18,31H,2,14-17,19H2,1H3/b26-18-. The minimum Gasteiger partial charge on any atom is -0.507 e. The third-order valence-electron chi connectivity index (χ3n) is 6.53. The van der Waals surface area contributed by atoms with Gasteiger partial charge in [-0.25, -0.2) is 0 Å². The number of ether oxygens (including phenoxy) is 1. The maximum atomic E-state index is 13.0. The first-order chi connectivity index (χ1) is 16.1. The van der Waals surface area contributed by atoms with Crippen LogP contribution >= 0.6 is 0 Å². The molecule has 0 spiro atoms. The first-order valence-corrected chi connectivity index (χ1v) is 11.5. The van der Waals surface area contributed by atoms with Crippen molar-refractivity contribution in [2.45, 2.75) is 13.5 Å². The van der Waals surface area contributed by atoms with Crippen LogP contribution in [-0.4, -0.2) is 53.4 Å². The van der Waals surface area contributed by atoms with E-state index in [1.54, 1.807) is 18.2 Å². The summed E-state index contributed by atoms with van der Waals surface area (Å²) in [5.74, 6) is 0.812. The number of hydrogen-bond acceptors (Lipinski definition) is 5. The van der Waals surface area contributed by atoms with Crippen LogP contribution in [0, 0.1) is 0 Å². The summed E-state index contributed by atoms with van der Waals surface area (Å²) < 4.78 is 6.05. The quantitative estimate of drug-likeness (QED) is 0.577. The number of phenolic OH excluding ortho intramolecular Hbond substituents is 1. The third kappa shape index (κ3) is 4.42. The lowest BCUT2D eigenvalue weighted by Gasteiger charge is -2.34. The van der Waals surface area contributed by atoms with E-state index in [2.05, 4.69) is 28.9 Å². The van der Waals surface area contributed by atoms with Gasteiger partial charge in [0.05, 0.1) is 11.1 Å². The molecule has 0 radical (unpaired) electrons. The predicted octanol–water partition coefficient (Wildman–Crippen LogP) is 4.81. The Morgan fingerprint density at radius 2 is 1.55 bits per heavy atom. The summed E-state index contributed by atoms with van der Waals surface area (Å²) in [5, 5.41) is 10.6. The lowest BCUT2D eigenvalue weighted by atomic mass is 10.0. The maximum Gasteiger partial charge on any atom is 0.231 e. The molecule has 3 aromatic rings. The summed E-state index contributed by atoms with van der Waals surface area (Å²) in [6.45, 7) is 7.68. The Balaban J connectivity index is 1.36. The summed E-state index contributed by atoms with van der Waals surface area (Å²) in [6, 6.07) is 21.5. The molecule has 33 heavy (non-hydrogen) atoms. The molecule has 5 heteroatoms. The zero-order valence-electron chi connectivity index (χ0n) is 18.8. The van der Waals surface area contributed by atoms with Crippen LogP contribution in [0.25, 0.3) is 17.2 Å². The van der Waals surface area contributed by atoms with Crippen LogP contribution in [0.1, 0.15) is 28.4 Å². The van der Waals surface area contributed by atoms with Crippen LogP contribution < -0.4 is 4.74 Å². The van der Waals surface area contributed by atoms with Crippen LogP contribution in [0.15, 0.2) is 72.5 Å². The molecule has 2 aliphatic rings. The predicted molar refractivity (Wildman–Crippen MR) is 130 cm³/mol. The lowest BCUT2D eigenvalue weighted by Crippen LogP contribution is -2.45. The molecule has 0 unspecified atom stereocenters. The largest absolute Gasteiger partial charge is 0.507 e. The number of piperazine rings is 1. The molecule has 0 amide bonds. The Morgan fingerprint density at radius 1 is 0.879 bits per heavy atom. The summed E-state index contributed by atoms with van der Waals surface area (Å²) in [6.07, 6.45) is 1.78. The van der Waals surface area contributed by atoms with Gasteiger partial charge in [0.1, 0.15) is 11.5 Å². The van der Waals surface area contributed by atoms with Crippen molar-refractivity contribution in [3.63, 3.8) is 0 Å². The first-order valence-electron chi connectivity index (χ1n) is 11.5. The fourth-order valence-electron chi connectivity index (χ4n) is 4.49. The highest BCUT2D eigenvalue weighted by Gasteiger charge is 2.32. The van der Waals surface area contributed by atoms with Gasteiger partial charge in [-0.3, -0.25) is 9.69 Å². The molecule has 0 saturated carbocycles. The number of aromatic hydroxyl groups is 1. The minimum atomic E-state index is -0.144. The molecule has 5 rings (SSSR count). The molecular formula is C28H28N2O3. The molecule has 5 nitrogen and oxygen atoms in total.